The molecule has 0 heterocycles. The third kappa shape index (κ3) is 8.50. The van der Waals surface area contributed by atoms with Gasteiger partial charge < -0.3 is 18.9 Å². The van der Waals surface area contributed by atoms with E-state index in [-0.39, 0.29) is 45.3 Å². The summed E-state index contributed by atoms with van der Waals surface area (Å²) in [7, 11) is 0. The first-order valence-corrected chi connectivity index (χ1v) is 11.1. The van der Waals surface area contributed by atoms with Gasteiger partial charge in [-0.15, -0.1) is 0 Å². The summed E-state index contributed by atoms with van der Waals surface area (Å²) in [5, 5.41) is 0. The molecule has 0 N–H and O–H groups in total. The minimum Gasteiger partial charge on any atom is -0.423 e. The molecule has 0 aliphatic heterocycles. The molecule has 2 rings (SSSR count). The molecular weight excluding hydrogens is 488 g/mol. The average molecular weight is 515 g/mol. The molecule has 8 heteroatoms. The Morgan fingerprint density at radius 3 is 1.37 bits per heavy atom. The maximum absolute atomic E-state index is 12.1. The quantitative estimate of drug-likeness (QED) is 0.209. The Labute approximate surface area is 220 Å². The predicted molar refractivity (Wildman–Crippen MR) is 141 cm³/mol. The van der Waals surface area contributed by atoms with Crippen molar-refractivity contribution in [2.24, 2.45) is 0 Å². The first kappa shape index (κ1) is 29.1. The van der Waals surface area contributed by atoms with Crippen molar-refractivity contribution >= 4 is 23.9 Å². The minimum atomic E-state index is -0.723. The van der Waals surface area contributed by atoms with Gasteiger partial charge in [-0.1, -0.05) is 38.2 Å². The Morgan fingerprint density at radius 1 is 0.526 bits per heavy atom. The zero-order valence-corrected chi connectivity index (χ0v) is 21.6. The molecule has 0 unspecified atom stereocenters. The van der Waals surface area contributed by atoms with Crippen molar-refractivity contribution < 1.29 is 38.1 Å². The lowest BCUT2D eigenvalue weighted by Gasteiger charge is -2.11. The molecule has 0 atom stereocenters. The van der Waals surface area contributed by atoms with E-state index in [0.717, 1.165) is 0 Å². The molecule has 0 amide bonds. The van der Waals surface area contributed by atoms with Crippen LogP contribution in [0.2, 0.25) is 0 Å². The fraction of sp³-hybridized carbons (Fsp3) is 0.133. The van der Waals surface area contributed by atoms with Crippen LogP contribution in [0.3, 0.4) is 0 Å². The lowest BCUT2D eigenvalue weighted by molar-refractivity contribution is -0.132. The van der Waals surface area contributed by atoms with Gasteiger partial charge in [0.25, 0.3) is 0 Å². The standard InChI is InChI=1S/C30H26O8/c1-17(2)27(31)35-23-13-22(14-24(16-23)36-28(32)18(3)4)10-9-21-11-12-25(37-29(33)19(5)6)26(15-21)38-30(34)20(7)8/h11-16H,1,3,5,7H2,2,4,6,8H3. The van der Waals surface area contributed by atoms with Gasteiger partial charge in [-0.25, -0.2) is 19.2 Å². The maximum Gasteiger partial charge on any atom is 0.338 e. The van der Waals surface area contributed by atoms with Crippen molar-refractivity contribution in [3.05, 3.63) is 96.1 Å². The van der Waals surface area contributed by atoms with E-state index in [1.165, 1.54) is 58.0 Å². The van der Waals surface area contributed by atoms with E-state index in [2.05, 4.69) is 38.2 Å². The van der Waals surface area contributed by atoms with Crippen molar-refractivity contribution in [1.82, 2.24) is 0 Å². The molecule has 0 radical (unpaired) electrons. The van der Waals surface area contributed by atoms with E-state index in [4.69, 9.17) is 18.9 Å². The molecule has 194 valence electrons. The van der Waals surface area contributed by atoms with Gasteiger partial charge in [-0.05, 0) is 52.0 Å². The van der Waals surface area contributed by atoms with E-state index in [9.17, 15) is 19.2 Å². The van der Waals surface area contributed by atoms with Gasteiger partial charge in [0, 0.05) is 45.6 Å². The van der Waals surface area contributed by atoms with Crippen molar-refractivity contribution in [2.45, 2.75) is 27.7 Å². The number of hydrogen-bond donors (Lipinski definition) is 0. The van der Waals surface area contributed by atoms with Crippen molar-refractivity contribution in [1.29, 1.82) is 0 Å². The summed E-state index contributed by atoms with van der Waals surface area (Å²) in [4.78, 5) is 48.1. The summed E-state index contributed by atoms with van der Waals surface area (Å²) in [5.74, 6) is 3.07. The highest BCUT2D eigenvalue weighted by atomic mass is 16.6. The van der Waals surface area contributed by atoms with Gasteiger partial charge >= 0.3 is 23.9 Å². The van der Waals surface area contributed by atoms with Crippen LogP contribution in [0.4, 0.5) is 0 Å². The van der Waals surface area contributed by atoms with Crippen LogP contribution in [0, 0.1) is 11.8 Å². The second-order valence-electron chi connectivity index (χ2n) is 8.28. The molecule has 2 aromatic rings. The van der Waals surface area contributed by atoms with Crippen LogP contribution in [0.15, 0.2) is 85.0 Å². The Morgan fingerprint density at radius 2 is 0.921 bits per heavy atom. The lowest BCUT2D eigenvalue weighted by Crippen LogP contribution is -2.12. The molecular formula is C30H26O8. The van der Waals surface area contributed by atoms with E-state index in [0.29, 0.717) is 11.1 Å². The predicted octanol–water partition coefficient (Wildman–Crippen LogP) is 5.01. The molecule has 0 saturated carbocycles. The van der Waals surface area contributed by atoms with Crippen molar-refractivity contribution in [3.63, 3.8) is 0 Å². The van der Waals surface area contributed by atoms with Crippen LogP contribution in [0.25, 0.3) is 0 Å². The highest BCUT2D eigenvalue weighted by Gasteiger charge is 2.16. The van der Waals surface area contributed by atoms with Crippen LogP contribution < -0.4 is 18.9 Å². The van der Waals surface area contributed by atoms with E-state index < -0.39 is 23.9 Å². The highest BCUT2D eigenvalue weighted by molar-refractivity contribution is 5.91. The summed E-state index contributed by atoms with van der Waals surface area (Å²) in [5.41, 5.74) is 1.35. The molecule has 38 heavy (non-hydrogen) atoms. The zero-order chi connectivity index (χ0) is 28.6. The monoisotopic (exact) mass is 514 g/mol. The molecule has 0 saturated heterocycles. The number of benzene rings is 2. The zero-order valence-electron chi connectivity index (χ0n) is 21.6. The molecule has 0 aliphatic carbocycles. The molecule has 0 bridgehead atoms. The number of carbonyl (C=O) groups excluding carboxylic acids is 4. The topological polar surface area (TPSA) is 105 Å². The largest absolute Gasteiger partial charge is 0.423 e. The lowest BCUT2D eigenvalue weighted by atomic mass is 10.1. The van der Waals surface area contributed by atoms with Crippen LogP contribution in [-0.2, 0) is 19.2 Å². The SMILES string of the molecule is C=C(C)C(=O)Oc1cc(C#Cc2ccc(OC(=O)C(=C)C)c(OC(=O)C(=C)C)c2)cc(OC(=O)C(=C)C)c1. The summed E-state index contributed by atoms with van der Waals surface area (Å²) < 4.78 is 21.1. The smallest absolute Gasteiger partial charge is 0.338 e. The minimum absolute atomic E-state index is 0.0131. The Hall–Kier alpha value is -5.16. The molecule has 0 aliphatic rings. The van der Waals surface area contributed by atoms with Gasteiger partial charge in [0.2, 0.25) is 0 Å². The van der Waals surface area contributed by atoms with Gasteiger partial charge in [0.15, 0.2) is 11.5 Å². The van der Waals surface area contributed by atoms with Gasteiger partial charge in [-0.3, -0.25) is 0 Å². The number of ether oxygens (including phenoxy) is 4. The van der Waals surface area contributed by atoms with Crippen LogP contribution in [-0.4, -0.2) is 23.9 Å². The molecule has 0 fully saturated rings. The van der Waals surface area contributed by atoms with Crippen LogP contribution in [0.1, 0.15) is 38.8 Å². The number of esters is 4. The maximum atomic E-state index is 12.1. The van der Waals surface area contributed by atoms with Crippen LogP contribution in [0.5, 0.6) is 23.0 Å². The molecule has 8 nitrogen and oxygen atoms in total. The summed E-state index contributed by atoms with van der Waals surface area (Å²) in [6.07, 6.45) is 0. The summed E-state index contributed by atoms with van der Waals surface area (Å²) >= 11 is 0. The first-order chi connectivity index (χ1) is 17.8. The van der Waals surface area contributed by atoms with Gasteiger partial charge in [-0.2, -0.15) is 0 Å². The number of hydrogen-bond acceptors (Lipinski definition) is 8. The Balaban J connectivity index is 2.50. The molecule has 0 spiro atoms. The van der Waals surface area contributed by atoms with Gasteiger partial charge in [0.1, 0.15) is 11.5 Å². The Kier molecular flexibility index (Phi) is 9.71. The highest BCUT2D eigenvalue weighted by Crippen LogP contribution is 2.30. The third-order valence-electron chi connectivity index (χ3n) is 4.40. The van der Waals surface area contributed by atoms with Crippen molar-refractivity contribution in [2.75, 3.05) is 0 Å². The fourth-order valence-electron chi connectivity index (χ4n) is 2.42. The normalized spacial score (nSPS) is 9.68. The third-order valence-corrected chi connectivity index (χ3v) is 4.40. The van der Waals surface area contributed by atoms with E-state index in [1.54, 1.807) is 6.07 Å². The first-order valence-electron chi connectivity index (χ1n) is 11.1. The van der Waals surface area contributed by atoms with E-state index >= 15 is 0 Å². The second kappa shape index (κ2) is 12.7. The number of rotatable bonds is 8. The van der Waals surface area contributed by atoms with Crippen LogP contribution >= 0.6 is 0 Å². The van der Waals surface area contributed by atoms with Gasteiger partial charge in [0.05, 0.1) is 0 Å². The Bertz CT molecular complexity index is 1400. The van der Waals surface area contributed by atoms with E-state index in [1.807, 2.05) is 0 Å². The molecule has 0 aromatic heterocycles. The molecule has 2 aromatic carbocycles. The second-order valence-corrected chi connectivity index (χ2v) is 8.28. The summed E-state index contributed by atoms with van der Waals surface area (Å²) in [6.45, 7) is 20.1. The number of carbonyl (C=O) groups is 4. The summed E-state index contributed by atoms with van der Waals surface area (Å²) in [6, 6.07) is 8.65. The van der Waals surface area contributed by atoms with Crippen molar-refractivity contribution in [3.8, 4) is 34.8 Å². The average Bonchev–Trinajstić information content (AvgIpc) is 2.83. The fourth-order valence-corrected chi connectivity index (χ4v) is 2.42.